The van der Waals surface area contributed by atoms with Crippen LogP contribution in [0.4, 0.5) is 11.4 Å². The second-order valence-electron chi connectivity index (χ2n) is 15.7. The van der Waals surface area contributed by atoms with Crippen molar-refractivity contribution in [3.63, 3.8) is 0 Å². The molecule has 3 aromatic carbocycles. The number of piperidine rings is 2. The lowest BCUT2D eigenvalue weighted by Gasteiger charge is -2.51. The number of rotatable bonds is 8. The molecule has 4 heterocycles. The molecule has 1 saturated carbocycles. The summed E-state index contributed by atoms with van der Waals surface area (Å²) in [6, 6.07) is 15.5. The van der Waals surface area contributed by atoms with Crippen molar-refractivity contribution in [1.29, 1.82) is 0 Å². The van der Waals surface area contributed by atoms with Gasteiger partial charge in [-0.1, -0.05) is 31.5 Å². The monoisotopic (exact) mass is 748 g/mol. The van der Waals surface area contributed by atoms with Crippen molar-refractivity contribution in [2.75, 3.05) is 24.5 Å². The van der Waals surface area contributed by atoms with Gasteiger partial charge in [-0.25, -0.2) is 4.85 Å². The van der Waals surface area contributed by atoms with Crippen molar-refractivity contribution in [1.82, 2.24) is 20.4 Å². The van der Waals surface area contributed by atoms with Crippen LogP contribution in [0.15, 0.2) is 54.6 Å². The summed E-state index contributed by atoms with van der Waals surface area (Å²) in [5.74, 6) is -0.928. The minimum Gasteiger partial charge on any atom is -0.490 e. The quantitative estimate of drug-likeness (QED) is 0.228. The van der Waals surface area contributed by atoms with E-state index in [0.717, 1.165) is 54.2 Å². The first-order valence-electron chi connectivity index (χ1n) is 18.5. The minimum atomic E-state index is -0.964. The normalized spacial score (nSPS) is 23.7. The Hall–Kier alpha value is -5.25. The van der Waals surface area contributed by atoms with Crippen LogP contribution in [0.5, 0.6) is 5.75 Å². The van der Waals surface area contributed by atoms with E-state index in [1.54, 1.807) is 18.2 Å². The third kappa shape index (κ3) is 6.49. The number of hydrogen-bond acceptors (Lipinski definition) is 8. The van der Waals surface area contributed by atoms with E-state index in [-0.39, 0.29) is 36.3 Å². The van der Waals surface area contributed by atoms with E-state index in [2.05, 4.69) is 39.1 Å². The van der Waals surface area contributed by atoms with Gasteiger partial charge in [0.05, 0.1) is 22.7 Å². The number of amides is 5. The van der Waals surface area contributed by atoms with Crippen LogP contribution < -0.4 is 20.3 Å². The van der Waals surface area contributed by atoms with Crippen LogP contribution in [-0.4, -0.2) is 77.2 Å². The van der Waals surface area contributed by atoms with Gasteiger partial charge in [0.25, 0.3) is 17.7 Å². The van der Waals surface area contributed by atoms with Gasteiger partial charge < -0.3 is 15.0 Å². The molecule has 1 aliphatic carbocycles. The van der Waals surface area contributed by atoms with Gasteiger partial charge in [-0.05, 0) is 84.8 Å². The average molecular weight is 749 g/mol. The van der Waals surface area contributed by atoms with Gasteiger partial charge >= 0.3 is 0 Å². The molecule has 5 amide bonds. The lowest BCUT2D eigenvalue weighted by Crippen LogP contribution is -2.63. The highest BCUT2D eigenvalue weighted by atomic mass is 35.5. The van der Waals surface area contributed by atoms with Gasteiger partial charge in [-0.15, -0.1) is 0 Å². The molecule has 8 rings (SSSR count). The first-order valence-corrected chi connectivity index (χ1v) is 18.9. The zero-order valence-electron chi connectivity index (χ0n) is 30.2. The Morgan fingerprint density at radius 2 is 1.63 bits per heavy atom. The third-order valence-electron chi connectivity index (χ3n) is 12.0. The minimum absolute atomic E-state index is 0.0451. The Morgan fingerprint density at radius 3 is 2.22 bits per heavy atom. The lowest BCUT2D eigenvalue weighted by molar-refractivity contribution is -0.136. The van der Waals surface area contributed by atoms with Gasteiger partial charge in [-0.2, -0.15) is 0 Å². The smallest absolute Gasteiger partial charge is 0.262 e. The fraction of sp³-hybridized carbons (Fsp3) is 0.415. The van der Waals surface area contributed by atoms with Crippen LogP contribution in [0.2, 0.25) is 5.02 Å². The predicted molar refractivity (Wildman–Crippen MR) is 200 cm³/mol. The molecule has 278 valence electrons. The summed E-state index contributed by atoms with van der Waals surface area (Å²) in [6.07, 6.45) is 2.87. The Labute approximate surface area is 318 Å². The van der Waals surface area contributed by atoms with Crippen molar-refractivity contribution in [3.8, 4) is 5.75 Å². The fourth-order valence-electron chi connectivity index (χ4n) is 8.52. The number of carbonyl (C=O) groups is 5. The summed E-state index contributed by atoms with van der Waals surface area (Å²) in [6.45, 7) is 15.5. The highest BCUT2D eigenvalue weighted by Crippen LogP contribution is 2.44. The van der Waals surface area contributed by atoms with Crippen molar-refractivity contribution in [3.05, 3.63) is 98.9 Å². The summed E-state index contributed by atoms with van der Waals surface area (Å²) in [7, 11) is 0. The molecular weight excluding hydrogens is 708 g/mol. The first-order chi connectivity index (χ1) is 25.9. The number of imide groups is 2. The number of anilines is 1. The van der Waals surface area contributed by atoms with Crippen LogP contribution in [0.25, 0.3) is 4.85 Å². The molecule has 0 spiro atoms. The molecule has 4 aliphatic heterocycles. The number of nitrogens with zero attached hydrogens (tertiary/aromatic N) is 4. The molecule has 3 fully saturated rings. The van der Waals surface area contributed by atoms with E-state index in [9.17, 15) is 24.0 Å². The molecule has 0 aromatic heterocycles. The molecule has 2 saturated heterocycles. The molecular formula is C41H41ClN6O6. The van der Waals surface area contributed by atoms with E-state index < -0.39 is 29.7 Å². The molecule has 2 N–H and O–H groups in total. The molecule has 54 heavy (non-hydrogen) atoms. The maximum Gasteiger partial charge on any atom is 0.262 e. The molecule has 3 aromatic rings. The van der Waals surface area contributed by atoms with Gasteiger partial charge in [0.15, 0.2) is 0 Å². The van der Waals surface area contributed by atoms with Crippen molar-refractivity contribution in [2.45, 2.75) is 77.2 Å². The highest BCUT2D eigenvalue weighted by Gasteiger charge is 2.51. The zero-order valence-corrected chi connectivity index (χ0v) is 30.9. The number of nitrogens with one attached hydrogen (secondary N) is 2. The summed E-state index contributed by atoms with van der Waals surface area (Å²) >= 11 is 6.18. The predicted octanol–water partition coefficient (Wildman–Crippen LogP) is 5.50. The number of ether oxygens (including phenoxy) is 1. The number of fused-ring (bicyclic) bond motifs is 2. The second-order valence-corrected chi connectivity index (χ2v) is 16.1. The lowest BCUT2D eigenvalue weighted by atomic mass is 9.64. The molecule has 5 aliphatic rings. The Morgan fingerprint density at radius 1 is 0.963 bits per heavy atom. The van der Waals surface area contributed by atoms with E-state index in [1.165, 1.54) is 0 Å². The maximum absolute atomic E-state index is 13.3. The van der Waals surface area contributed by atoms with Crippen molar-refractivity contribution < 1.29 is 28.7 Å². The van der Waals surface area contributed by atoms with Crippen LogP contribution in [-0.2, 0) is 22.7 Å². The van der Waals surface area contributed by atoms with E-state index >= 15 is 0 Å². The molecule has 13 heteroatoms. The average Bonchev–Trinajstić information content (AvgIpc) is 3.66. The summed E-state index contributed by atoms with van der Waals surface area (Å²) < 4.78 is 6.17. The third-order valence-corrected chi connectivity index (χ3v) is 12.3. The highest BCUT2D eigenvalue weighted by molar-refractivity contribution is 6.33. The van der Waals surface area contributed by atoms with Gasteiger partial charge in [0.1, 0.15) is 17.9 Å². The van der Waals surface area contributed by atoms with Crippen LogP contribution >= 0.6 is 11.6 Å². The molecule has 0 bridgehead atoms. The van der Waals surface area contributed by atoms with E-state index in [4.69, 9.17) is 22.9 Å². The second kappa shape index (κ2) is 13.9. The first kappa shape index (κ1) is 35.8. The number of benzene rings is 3. The molecule has 0 radical (unpaired) electrons. The fourth-order valence-corrected chi connectivity index (χ4v) is 8.73. The SMILES string of the molecule is [C-]#[N+]c1ccc(O[C@H]2C[C@H](NC(=O)c3ccc(N4CCC(CN5Cc6cc7c(cc6C5)C(=O)N(C5CCC(=O)NC5=O)C7=O)CC4)cc3)C2(C)C)cc1Cl. The number of hydrogen-bond donors (Lipinski definition) is 2. The Bertz CT molecular complexity index is 2080. The Kier molecular flexibility index (Phi) is 9.18. The van der Waals surface area contributed by atoms with Crippen molar-refractivity contribution >= 4 is 52.5 Å². The Balaban J connectivity index is 0.802. The molecule has 3 atom stereocenters. The molecule has 1 unspecified atom stereocenters. The topological polar surface area (TPSA) is 133 Å². The largest absolute Gasteiger partial charge is 0.490 e. The van der Waals surface area contributed by atoms with Crippen molar-refractivity contribution in [2.24, 2.45) is 11.3 Å². The zero-order chi connectivity index (χ0) is 37.9. The van der Waals surface area contributed by atoms with Crippen LogP contribution in [0, 0.1) is 17.9 Å². The number of carbonyl (C=O) groups excluding carboxylic acids is 5. The van der Waals surface area contributed by atoms with E-state index in [1.807, 2.05) is 36.4 Å². The molecule has 12 nitrogen and oxygen atoms in total. The summed E-state index contributed by atoms with van der Waals surface area (Å²) in [4.78, 5) is 73.0. The number of halogens is 1. The summed E-state index contributed by atoms with van der Waals surface area (Å²) in [5.41, 5.74) is 4.53. The van der Waals surface area contributed by atoms with E-state index in [0.29, 0.717) is 58.6 Å². The van der Waals surface area contributed by atoms with Crippen LogP contribution in [0.1, 0.15) is 88.2 Å². The van der Waals surface area contributed by atoms with Crippen LogP contribution in [0.3, 0.4) is 0 Å². The maximum atomic E-state index is 13.3. The van der Waals surface area contributed by atoms with Gasteiger partial charge in [0.2, 0.25) is 17.5 Å². The van der Waals surface area contributed by atoms with Gasteiger partial charge in [0, 0.05) is 68.3 Å². The van der Waals surface area contributed by atoms with Gasteiger partial charge in [-0.3, -0.25) is 39.1 Å². The standard InChI is InChI=1S/C41H41ClN6O6/c1-41(2)34(19-35(41)54-28-8-9-32(43-3)31(42)18-28)44-37(50)24-4-6-27(7-5-24)47-14-12-23(13-15-47)20-46-21-25-16-29-30(17-26(25)22-46)40(53)48(39(29)52)33-10-11-36(49)45-38(33)51/h4-9,16-18,23,33-35H,10-15,19-22H2,1-2H3,(H,44,50)(H,45,49,51)/t33?,34-,35-/m0/s1. The summed E-state index contributed by atoms with van der Waals surface area (Å²) in [5, 5.41) is 5.79.